The molecule has 2 aromatic heterocycles. The Morgan fingerprint density at radius 1 is 0.519 bits per heavy atom. The van der Waals surface area contributed by atoms with E-state index in [1.54, 1.807) is 0 Å². The molecule has 0 saturated carbocycles. The summed E-state index contributed by atoms with van der Waals surface area (Å²) in [5.74, 6) is 0. The highest BCUT2D eigenvalue weighted by Crippen LogP contribution is 2.41. The first-order valence-electron chi connectivity index (χ1n) is 18.5. The van der Waals surface area contributed by atoms with Crippen molar-refractivity contribution in [1.82, 2.24) is 15.2 Å². The molecule has 4 nitrogen and oxygen atoms in total. The van der Waals surface area contributed by atoms with Gasteiger partial charge >= 0.3 is 0 Å². The molecule has 8 aromatic carbocycles. The van der Waals surface area contributed by atoms with E-state index in [4.69, 9.17) is 5.73 Å². The Kier molecular flexibility index (Phi) is 8.27. The zero-order valence-corrected chi connectivity index (χ0v) is 30.4. The second-order valence-corrected chi connectivity index (χ2v) is 15.1. The van der Waals surface area contributed by atoms with Gasteiger partial charge in [0.1, 0.15) is 0 Å². The minimum absolute atomic E-state index is 0.170. The van der Waals surface area contributed by atoms with Gasteiger partial charge in [-0.3, -0.25) is 10.6 Å². The third-order valence-corrected chi connectivity index (χ3v) is 11.9. The summed E-state index contributed by atoms with van der Waals surface area (Å²) in [6, 6.07) is 65.5. The number of thiophene rings is 1. The third-order valence-electron chi connectivity index (χ3n) is 10.7. The number of benzene rings is 8. The van der Waals surface area contributed by atoms with Gasteiger partial charge in [0.05, 0.1) is 23.4 Å². The van der Waals surface area contributed by atoms with E-state index in [2.05, 4.69) is 173 Å². The Labute approximate surface area is 318 Å². The van der Waals surface area contributed by atoms with Gasteiger partial charge in [-0.25, -0.2) is 0 Å². The molecule has 0 spiro atoms. The second kappa shape index (κ2) is 13.7. The van der Waals surface area contributed by atoms with Crippen molar-refractivity contribution < 1.29 is 0 Å². The van der Waals surface area contributed by atoms with Crippen LogP contribution in [0, 0.1) is 0 Å². The standard InChI is InChI=1S/C49H38N4S/c50-48(34-14-5-2-6-15-34)52-49(51-31-32-11-3-1-4-12-32)35-19-24-38(25-20-35)53-43-26-22-36(30-42(43)47-39-16-8-7-13-33(39)21-27-44(47)53)37-23-28-46-41(29-37)40-17-9-10-18-45(40)54-46/h1-30,48-49,51-52H,31,50H2. The Bertz CT molecular complexity index is 2930. The maximum Gasteiger partial charge on any atom is 0.0852 e. The molecular weight excluding hydrogens is 677 g/mol. The summed E-state index contributed by atoms with van der Waals surface area (Å²) in [7, 11) is 0. The van der Waals surface area contributed by atoms with Crippen LogP contribution in [-0.2, 0) is 6.54 Å². The van der Waals surface area contributed by atoms with E-state index in [1.807, 2.05) is 35.6 Å². The van der Waals surface area contributed by atoms with Gasteiger partial charge in [0, 0.05) is 43.2 Å². The van der Waals surface area contributed by atoms with Crippen molar-refractivity contribution in [3.05, 3.63) is 199 Å². The second-order valence-electron chi connectivity index (χ2n) is 14.0. The molecule has 10 aromatic rings. The Morgan fingerprint density at radius 3 is 1.98 bits per heavy atom. The van der Waals surface area contributed by atoms with E-state index in [1.165, 1.54) is 69.4 Å². The molecule has 10 rings (SSSR count). The van der Waals surface area contributed by atoms with Crippen LogP contribution in [0.25, 0.3) is 69.6 Å². The average Bonchev–Trinajstić information content (AvgIpc) is 3.78. The van der Waals surface area contributed by atoms with Crippen molar-refractivity contribution in [1.29, 1.82) is 0 Å². The monoisotopic (exact) mass is 714 g/mol. The highest BCUT2D eigenvalue weighted by atomic mass is 32.1. The normalized spacial score (nSPS) is 13.0. The summed E-state index contributed by atoms with van der Waals surface area (Å²) in [6.07, 6.45) is -0.505. The SMILES string of the molecule is NC(NC(NCc1ccccc1)c1ccc(-n2c3ccc(-c4ccc5sc6ccccc6c5c4)cc3c3c4ccccc4ccc32)cc1)c1ccccc1. The molecule has 0 amide bonds. The largest absolute Gasteiger partial charge is 0.312 e. The fourth-order valence-corrected chi connectivity index (χ4v) is 9.08. The van der Waals surface area contributed by atoms with Crippen LogP contribution in [0.4, 0.5) is 0 Å². The molecule has 0 aliphatic rings. The summed E-state index contributed by atoms with van der Waals surface area (Å²) in [5, 5.41) is 15.0. The molecule has 260 valence electrons. The summed E-state index contributed by atoms with van der Waals surface area (Å²) in [5.41, 5.74) is 16.0. The fourth-order valence-electron chi connectivity index (χ4n) is 7.99. The summed E-state index contributed by atoms with van der Waals surface area (Å²) in [6.45, 7) is 0.708. The van der Waals surface area contributed by atoms with Gasteiger partial charge < -0.3 is 10.3 Å². The Balaban J connectivity index is 1.07. The van der Waals surface area contributed by atoms with Gasteiger partial charge in [0.2, 0.25) is 0 Å². The third kappa shape index (κ3) is 5.84. The lowest BCUT2D eigenvalue weighted by Crippen LogP contribution is -2.39. The van der Waals surface area contributed by atoms with Crippen LogP contribution in [0.3, 0.4) is 0 Å². The van der Waals surface area contributed by atoms with Gasteiger partial charge in [-0.1, -0.05) is 133 Å². The fraction of sp³-hybridized carbons (Fsp3) is 0.0612. The molecule has 2 atom stereocenters. The minimum atomic E-state index is -0.335. The molecule has 0 radical (unpaired) electrons. The van der Waals surface area contributed by atoms with Crippen molar-refractivity contribution in [2.24, 2.45) is 5.73 Å². The van der Waals surface area contributed by atoms with Gasteiger partial charge in [-0.05, 0) is 87.1 Å². The summed E-state index contributed by atoms with van der Waals surface area (Å²) in [4.78, 5) is 0. The Hall–Kier alpha value is -6.08. The number of hydrogen-bond acceptors (Lipinski definition) is 4. The molecule has 5 heteroatoms. The number of fused-ring (bicyclic) bond motifs is 8. The number of rotatable bonds is 9. The molecule has 0 aliphatic carbocycles. The minimum Gasteiger partial charge on any atom is -0.312 e. The number of aromatic nitrogens is 1. The van der Waals surface area contributed by atoms with Crippen LogP contribution in [0.5, 0.6) is 0 Å². The van der Waals surface area contributed by atoms with Crippen molar-refractivity contribution in [3.8, 4) is 16.8 Å². The number of nitrogens with two attached hydrogens (primary N) is 1. The molecule has 0 aliphatic heterocycles. The molecule has 2 unspecified atom stereocenters. The van der Waals surface area contributed by atoms with E-state index in [0.29, 0.717) is 6.54 Å². The average molecular weight is 715 g/mol. The number of nitrogens with one attached hydrogen (secondary N) is 2. The lowest BCUT2D eigenvalue weighted by Gasteiger charge is -2.25. The molecule has 0 bridgehead atoms. The van der Waals surface area contributed by atoms with E-state index < -0.39 is 0 Å². The number of nitrogens with zero attached hydrogens (tertiary/aromatic N) is 1. The Morgan fingerprint density at radius 2 is 1.17 bits per heavy atom. The zero-order chi connectivity index (χ0) is 36.0. The topological polar surface area (TPSA) is 55.0 Å². The molecule has 2 heterocycles. The highest BCUT2D eigenvalue weighted by molar-refractivity contribution is 7.25. The van der Waals surface area contributed by atoms with Crippen LogP contribution in [0.15, 0.2) is 182 Å². The van der Waals surface area contributed by atoms with Crippen molar-refractivity contribution in [3.63, 3.8) is 0 Å². The van der Waals surface area contributed by atoms with Gasteiger partial charge in [-0.15, -0.1) is 11.3 Å². The van der Waals surface area contributed by atoms with E-state index in [9.17, 15) is 0 Å². The van der Waals surface area contributed by atoms with Crippen LogP contribution in [-0.4, -0.2) is 4.57 Å². The zero-order valence-electron chi connectivity index (χ0n) is 29.6. The molecule has 4 N–H and O–H groups in total. The maximum absolute atomic E-state index is 6.72. The van der Waals surface area contributed by atoms with Crippen LogP contribution in [0.2, 0.25) is 0 Å². The molecular formula is C49H38N4S. The van der Waals surface area contributed by atoms with Gasteiger partial charge in [0.25, 0.3) is 0 Å². The van der Waals surface area contributed by atoms with Gasteiger partial charge in [-0.2, -0.15) is 0 Å². The first-order valence-corrected chi connectivity index (χ1v) is 19.3. The van der Waals surface area contributed by atoms with Crippen LogP contribution < -0.4 is 16.4 Å². The summed E-state index contributed by atoms with van der Waals surface area (Å²) < 4.78 is 5.06. The summed E-state index contributed by atoms with van der Waals surface area (Å²) >= 11 is 1.86. The predicted octanol–water partition coefficient (Wildman–Crippen LogP) is 12.0. The lowest BCUT2D eigenvalue weighted by molar-refractivity contribution is 0.386. The van der Waals surface area contributed by atoms with E-state index in [-0.39, 0.29) is 12.3 Å². The first kappa shape index (κ1) is 32.6. The van der Waals surface area contributed by atoms with Gasteiger partial charge in [0.15, 0.2) is 0 Å². The van der Waals surface area contributed by atoms with Crippen LogP contribution >= 0.6 is 11.3 Å². The quantitative estimate of drug-likeness (QED) is 0.130. The van der Waals surface area contributed by atoms with Crippen LogP contribution in [0.1, 0.15) is 29.0 Å². The number of hydrogen-bond donors (Lipinski definition) is 3. The molecule has 0 fully saturated rings. The van der Waals surface area contributed by atoms with E-state index >= 15 is 0 Å². The predicted molar refractivity (Wildman–Crippen MR) is 229 cm³/mol. The maximum atomic E-state index is 6.72. The highest BCUT2D eigenvalue weighted by Gasteiger charge is 2.19. The van der Waals surface area contributed by atoms with E-state index in [0.717, 1.165) is 16.8 Å². The first-order chi connectivity index (χ1) is 26.7. The molecule has 0 saturated heterocycles. The van der Waals surface area contributed by atoms with Crippen molar-refractivity contribution in [2.75, 3.05) is 0 Å². The van der Waals surface area contributed by atoms with Crippen molar-refractivity contribution in [2.45, 2.75) is 18.9 Å². The lowest BCUT2D eigenvalue weighted by atomic mass is 9.99. The smallest absolute Gasteiger partial charge is 0.0852 e. The molecule has 54 heavy (non-hydrogen) atoms. The van der Waals surface area contributed by atoms with Crippen molar-refractivity contribution >= 4 is 64.1 Å².